The summed E-state index contributed by atoms with van der Waals surface area (Å²) in [5.74, 6) is 0.452. The van der Waals surface area contributed by atoms with Gasteiger partial charge in [0.2, 0.25) is 0 Å². The molecule has 1 aromatic heterocycles. The van der Waals surface area contributed by atoms with Crippen molar-refractivity contribution in [3.63, 3.8) is 0 Å². The summed E-state index contributed by atoms with van der Waals surface area (Å²) in [4.78, 5) is 6.96. The van der Waals surface area contributed by atoms with Gasteiger partial charge in [-0.2, -0.15) is 26.3 Å². The first-order chi connectivity index (χ1) is 16.0. The molecule has 0 saturated carbocycles. The van der Waals surface area contributed by atoms with Gasteiger partial charge in [-0.15, -0.1) is 0 Å². The van der Waals surface area contributed by atoms with Gasteiger partial charge in [0.25, 0.3) is 0 Å². The number of benzene rings is 2. The van der Waals surface area contributed by atoms with Crippen LogP contribution in [0.3, 0.4) is 0 Å². The highest BCUT2D eigenvalue weighted by Crippen LogP contribution is 2.37. The number of imidazole rings is 1. The van der Waals surface area contributed by atoms with E-state index in [1.54, 1.807) is 0 Å². The molecule has 1 aliphatic heterocycles. The van der Waals surface area contributed by atoms with E-state index < -0.39 is 29.5 Å². The number of halogens is 6. The van der Waals surface area contributed by atoms with E-state index in [9.17, 15) is 26.3 Å². The molecular formula is C24H26F6N4. The van der Waals surface area contributed by atoms with E-state index >= 15 is 0 Å². The number of para-hydroxylation sites is 2. The van der Waals surface area contributed by atoms with Gasteiger partial charge in [-0.05, 0) is 81.2 Å². The van der Waals surface area contributed by atoms with Crippen LogP contribution in [0.2, 0.25) is 0 Å². The number of nitrogens with zero attached hydrogens (tertiary/aromatic N) is 3. The van der Waals surface area contributed by atoms with E-state index in [2.05, 4.69) is 9.88 Å². The third kappa shape index (κ3) is 5.55. The number of aryl methyl sites for hydroxylation is 1. The summed E-state index contributed by atoms with van der Waals surface area (Å²) < 4.78 is 81.4. The summed E-state index contributed by atoms with van der Waals surface area (Å²) in [6.45, 7) is 3.64. The molecule has 3 aromatic rings. The van der Waals surface area contributed by atoms with Crippen molar-refractivity contribution in [2.24, 2.45) is 5.73 Å². The predicted molar refractivity (Wildman–Crippen MR) is 117 cm³/mol. The van der Waals surface area contributed by atoms with Crippen LogP contribution in [0.1, 0.15) is 47.8 Å². The third-order valence-electron chi connectivity index (χ3n) is 6.17. The molecular weight excluding hydrogens is 458 g/mol. The van der Waals surface area contributed by atoms with Gasteiger partial charge in [0.1, 0.15) is 5.82 Å². The zero-order chi connectivity index (χ0) is 24.5. The van der Waals surface area contributed by atoms with Crippen molar-refractivity contribution in [1.82, 2.24) is 14.5 Å². The molecule has 184 valence electrons. The van der Waals surface area contributed by atoms with Crippen LogP contribution in [0.15, 0.2) is 42.5 Å². The van der Waals surface area contributed by atoms with Gasteiger partial charge in [0.15, 0.2) is 0 Å². The lowest BCUT2D eigenvalue weighted by atomic mass is 9.99. The Morgan fingerprint density at radius 1 is 0.882 bits per heavy atom. The Kier molecular flexibility index (Phi) is 6.91. The summed E-state index contributed by atoms with van der Waals surface area (Å²) in [6.07, 6.45) is -6.81. The molecule has 0 bridgehead atoms. The zero-order valence-electron chi connectivity index (χ0n) is 18.5. The molecule has 1 unspecified atom stereocenters. The van der Waals surface area contributed by atoms with E-state index in [4.69, 9.17) is 5.73 Å². The van der Waals surface area contributed by atoms with Crippen molar-refractivity contribution in [3.8, 4) is 0 Å². The van der Waals surface area contributed by atoms with Crippen molar-refractivity contribution < 1.29 is 26.3 Å². The lowest BCUT2D eigenvalue weighted by molar-refractivity contribution is -0.143. The third-order valence-corrected chi connectivity index (χ3v) is 6.17. The number of rotatable bonds is 7. The quantitative estimate of drug-likeness (QED) is 0.431. The number of hydrogen-bond donors (Lipinski definition) is 1. The number of aromatic nitrogens is 2. The van der Waals surface area contributed by atoms with Crippen LogP contribution in [0.5, 0.6) is 0 Å². The van der Waals surface area contributed by atoms with E-state index in [-0.39, 0.29) is 18.1 Å². The second-order valence-electron chi connectivity index (χ2n) is 8.74. The monoisotopic (exact) mass is 484 g/mol. The Hall–Kier alpha value is -2.59. The van der Waals surface area contributed by atoms with Gasteiger partial charge >= 0.3 is 12.4 Å². The van der Waals surface area contributed by atoms with Crippen molar-refractivity contribution >= 4 is 11.0 Å². The van der Waals surface area contributed by atoms with E-state index in [0.717, 1.165) is 43.7 Å². The molecule has 4 nitrogen and oxygen atoms in total. The van der Waals surface area contributed by atoms with Crippen molar-refractivity contribution in [1.29, 1.82) is 0 Å². The second kappa shape index (κ2) is 9.58. The molecule has 1 atom stereocenters. The molecule has 0 radical (unpaired) electrons. The average Bonchev–Trinajstić information content (AvgIpc) is 3.40. The number of alkyl halides is 6. The molecule has 1 aliphatic rings. The van der Waals surface area contributed by atoms with E-state index in [1.807, 2.05) is 28.8 Å². The van der Waals surface area contributed by atoms with E-state index in [1.165, 1.54) is 12.8 Å². The smallest absolute Gasteiger partial charge is 0.327 e. The first-order valence-corrected chi connectivity index (χ1v) is 11.2. The average molecular weight is 484 g/mol. The number of likely N-dealkylation sites (tertiary alicyclic amines) is 1. The normalized spacial score (nSPS) is 16.4. The predicted octanol–water partition coefficient (Wildman–Crippen LogP) is 5.80. The lowest BCUT2D eigenvalue weighted by Crippen LogP contribution is -2.23. The number of nitrogens with two attached hydrogens (primary N) is 1. The molecule has 0 aliphatic carbocycles. The van der Waals surface area contributed by atoms with Gasteiger partial charge < -0.3 is 15.2 Å². The van der Waals surface area contributed by atoms with Gasteiger partial charge in [-0.25, -0.2) is 4.98 Å². The molecule has 4 rings (SSSR count). The molecule has 1 saturated heterocycles. The maximum absolute atomic E-state index is 13.2. The van der Waals surface area contributed by atoms with Gasteiger partial charge in [0.05, 0.1) is 28.2 Å². The lowest BCUT2D eigenvalue weighted by Gasteiger charge is -2.19. The minimum Gasteiger partial charge on any atom is -0.327 e. The molecule has 10 heteroatoms. The summed E-state index contributed by atoms with van der Waals surface area (Å²) in [6, 6.07) is 8.10. The van der Waals surface area contributed by atoms with Crippen LogP contribution in [0, 0.1) is 0 Å². The summed E-state index contributed by atoms with van der Waals surface area (Å²) in [5.41, 5.74) is 5.06. The SMILES string of the molecule is NC(Cc1cc(C(F)(F)F)cc(C(F)(F)F)c1)c1nc2ccccc2n1CCCN1CCCC1. The standard InChI is InChI=1S/C24H26F6N4/c25-23(26,27)17-12-16(13-18(15-17)24(28,29)30)14-19(31)22-32-20-6-1-2-7-21(20)34(22)11-5-10-33-8-3-4-9-33/h1-2,6-7,12-13,15,19H,3-5,8-11,14,31H2. The molecule has 0 spiro atoms. The number of hydrogen-bond acceptors (Lipinski definition) is 3. The minimum atomic E-state index is -4.90. The molecule has 34 heavy (non-hydrogen) atoms. The molecule has 0 amide bonds. The highest BCUT2D eigenvalue weighted by Gasteiger charge is 2.37. The largest absolute Gasteiger partial charge is 0.416 e. The summed E-state index contributed by atoms with van der Waals surface area (Å²) >= 11 is 0. The molecule has 1 fully saturated rings. The van der Waals surface area contributed by atoms with Gasteiger partial charge in [-0.3, -0.25) is 0 Å². The van der Waals surface area contributed by atoms with Crippen LogP contribution >= 0.6 is 0 Å². The Morgan fingerprint density at radius 3 is 2.12 bits per heavy atom. The van der Waals surface area contributed by atoms with Crippen LogP contribution in [0.4, 0.5) is 26.3 Å². The van der Waals surface area contributed by atoms with Crippen LogP contribution in [-0.4, -0.2) is 34.1 Å². The topological polar surface area (TPSA) is 47.1 Å². The molecule has 2 heterocycles. The van der Waals surface area contributed by atoms with Crippen molar-refractivity contribution in [2.75, 3.05) is 19.6 Å². The fraction of sp³-hybridized carbons (Fsp3) is 0.458. The van der Waals surface area contributed by atoms with Crippen molar-refractivity contribution in [2.45, 2.75) is 50.6 Å². The second-order valence-corrected chi connectivity index (χ2v) is 8.74. The minimum absolute atomic E-state index is 0.128. The van der Waals surface area contributed by atoms with Crippen LogP contribution < -0.4 is 5.73 Å². The van der Waals surface area contributed by atoms with E-state index in [0.29, 0.717) is 17.9 Å². The molecule has 2 N–H and O–H groups in total. The Balaban J connectivity index is 1.62. The van der Waals surface area contributed by atoms with Crippen LogP contribution in [-0.2, 0) is 25.3 Å². The maximum Gasteiger partial charge on any atom is 0.416 e. The van der Waals surface area contributed by atoms with Gasteiger partial charge in [-0.1, -0.05) is 12.1 Å². The van der Waals surface area contributed by atoms with Crippen LogP contribution in [0.25, 0.3) is 11.0 Å². The molecule has 2 aromatic carbocycles. The summed E-state index contributed by atoms with van der Waals surface area (Å²) in [5, 5.41) is 0. The first kappa shape index (κ1) is 24.5. The highest BCUT2D eigenvalue weighted by atomic mass is 19.4. The Morgan fingerprint density at radius 2 is 1.50 bits per heavy atom. The first-order valence-electron chi connectivity index (χ1n) is 11.2. The van der Waals surface area contributed by atoms with Crippen molar-refractivity contribution in [3.05, 3.63) is 65.0 Å². The van der Waals surface area contributed by atoms with Gasteiger partial charge in [0, 0.05) is 6.54 Å². The Bertz CT molecular complexity index is 1100. The zero-order valence-corrected chi connectivity index (χ0v) is 18.5. The Labute approximate surface area is 193 Å². The maximum atomic E-state index is 13.2. The fourth-order valence-corrected chi connectivity index (χ4v) is 4.55. The number of fused-ring (bicyclic) bond motifs is 1. The highest BCUT2D eigenvalue weighted by molar-refractivity contribution is 5.76. The summed E-state index contributed by atoms with van der Waals surface area (Å²) in [7, 11) is 0. The fourth-order valence-electron chi connectivity index (χ4n) is 4.55.